The van der Waals surface area contributed by atoms with Crippen LogP contribution < -0.4 is 9.47 Å². The van der Waals surface area contributed by atoms with E-state index in [1.807, 2.05) is 32.0 Å². The first-order valence-corrected chi connectivity index (χ1v) is 9.72. The summed E-state index contributed by atoms with van der Waals surface area (Å²) in [6.07, 6.45) is 4.15. The van der Waals surface area contributed by atoms with Gasteiger partial charge in [-0.1, -0.05) is 0 Å². The van der Waals surface area contributed by atoms with Gasteiger partial charge in [0, 0.05) is 36.9 Å². The minimum atomic E-state index is -0.119. The molecule has 0 amide bonds. The Morgan fingerprint density at radius 1 is 1.25 bits per heavy atom. The van der Waals surface area contributed by atoms with Crippen molar-refractivity contribution in [1.29, 1.82) is 0 Å². The van der Waals surface area contributed by atoms with Crippen molar-refractivity contribution >= 4 is 11.9 Å². The number of hydrogen-bond donors (Lipinski definition) is 0. The van der Waals surface area contributed by atoms with Crippen LogP contribution in [0.3, 0.4) is 0 Å². The Bertz CT molecular complexity index is 968. The number of hydrogen-bond acceptors (Lipinski definition) is 6. The van der Waals surface area contributed by atoms with Crippen LogP contribution in [-0.4, -0.2) is 36.7 Å². The third-order valence-electron chi connectivity index (χ3n) is 5.52. The van der Waals surface area contributed by atoms with Gasteiger partial charge in [0.15, 0.2) is 5.76 Å². The Morgan fingerprint density at radius 2 is 2.14 bits per heavy atom. The predicted octanol–water partition coefficient (Wildman–Crippen LogP) is 3.84. The molecule has 4 heterocycles. The molecule has 1 aromatic heterocycles. The van der Waals surface area contributed by atoms with E-state index in [-0.39, 0.29) is 17.6 Å². The smallest absolute Gasteiger partial charge is 0.232 e. The molecule has 0 bridgehead atoms. The number of fused-ring (bicyclic) bond motifs is 2. The van der Waals surface area contributed by atoms with Gasteiger partial charge in [-0.15, -0.1) is 0 Å². The average Bonchev–Trinajstić information content (AvgIpc) is 3.39. The topological polar surface area (TPSA) is 61.1 Å². The summed E-state index contributed by atoms with van der Waals surface area (Å²) < 4.78 is 23.2. The van der Waals surface area contributed by atoms with Crippen LogP contribution in [0.5, 0.6) is 11.5 Å². The van der Waals surface area contributed by atoms with Gasteiger partial charge in [-0.05, 0) is 44.9 Å². The molecule has 3 aliphatic rings. The summed E-state index contributed by atoms with van der Waals surface area (Å²) in [5.41, 5.74) is 2.48. The second-order valence-electron chi connectivity index (χ2n) is 7.67. The lowest BCUT2D eigenvalue weighted by molar-refractivity contribution is 0.0276. The molecule has 0 aliphatic carbocycles. The maximum atomic E-state index is 12.9. The number of carbonyl (C=O) groups is 1. The number of Topliss-reactive ketones (excluding diaryl/α,β-unsaturated/α-hetero) is 1. The van der Waals surface area contributed by atoms with Crippen LogP contribution in [-0.2, 0) is 11.3 Å². The van der Waals surface area contributed by atoms with Gasteiger partial charge in [0.1, 0.15) is 29.8 Å². The van der Waals surface area contributed by atoms with E-state index in [9.17, 15) is 4.79 Å². The van der Waals surface area contributed by atoms with Gasteiger partial charge in [-0.3, -0.25) is 9.69 Å². The van der Waals surface area contributed by atoms with Crippen LogP contribution in [0.15, 0.2) is 28.4 Å². The molecule has 1 saturated heterocycles. The summed E-state index contributed by atoms with van der Waals surface area (Å²) in [4.78, 5) is 15.1. The lowest BCUT2D eigenvalue weighted by Gasteiger charge is -2.31. The Kier molecular flexibility index (Phi) is 4.25. The lowest BCUT2D eigenvalue weighted by Crippen LogP contribution is -2.37. The van der Waals surface area contributed by atoms with Crippen molar-refractivity contribution in [2.45, 2.75) is 39.3 Å². The highest BCUT2D eigenvalue weighted by atomic mass is 16.5. The second kappa shape index (κ2) is 6.79. The molecule has 6 nitrogen and oxygen atoms in total. The highest BCUT2D eigenvalue weighted by Crippen LogP contribution is 2.43. The van der Waals surface area contributed by atoms with E-state index < -0.39 is 0 Å². The van der Waals surface area contributed by atoms with Crippen molar-refractivity contribution in [1.82, 2.24) is 4.90 Å². The monoisotopic (exact) mass is 381 g/mol. The van der Waals surface area contributed by atoms with Gasteiger partial charge >= 0.3 is 0 Å². The van der Waals surface area contributed by atoms with Crippen molar-refractivity contribution in [2.24, 2.45) is 0 Å². The minimum absolute atomic E-state index is 0.119. The molecule has 1 unspecified atom stereocenters. The zero-order chi connectivity index (χ0) is 19.3. The fraction of sp³-hybridized carbons (Fsp3) is 0.409. The number of rotatable bonds is 3. The summed E-state index contributed by atoms with van der Waals surface area (Å²) >= 11 is 0. The minimum Gasteiger partial charge on any atom is -0.477 e. The van der Waals surface area contributed by atoms with Crippen LogP contribution in [0.4, 0.5) is 0 Å². The van der Waals surface area contributed by atoms with E-state index in [0.29, 0.717) is 23.8 Å². The Labute approximate surface area is 163 Å². The van der Waals surface area contributed by atoms with Crippen LogP contribution >= 0.6 is 0 Å². The number of ketones is 1. The fourth-order valence-corrected chi connectivity index (χ4v) is 4.15. The Hall–Kier alpha value is -2.57. The molecule has 0 radical (unpaired) electrons. The van der Waals surface area contributed by atoms with Crippen LogP contribution in [0.2, 0.25) is 0 Å². The van der Waals surface area contributed by atoms with Crippen LogP contribution in [0.1, 0.15) is 45.8 Å². The number of allylic oxidation sites excluding steroid dienone is 1. The highest BCUT2D eigenvalue weighted by Gasteiger charge is 2.34. The van der Waals surface area contributed by atoms with E-state index in [1.54, 1.807) is 6.08 Å². The zero-order valence-corrected chi connectivity index (χ0v) is 16.1. The number of carbonyl (C=O) groups excluding carboxylic acids is 1. The van der Waals surface area contributed by atoms with Crippen molar-refractivity contribution in [2.75, 3.05) is 19.9 Å². The molecule has 6 heteroatoms. The molecule has 1 atom stereocenters. The molecular formula is C22H23NO5. The molecule has 1 fully saturated rings. The molecule has 5 rings (SSSR count). The molecule has 0 spiro atoms. The highest BCUT2D eigenvalue weighted by molar-refractivity contribution is 6.15. The number of aryl methyl sites for hydroxylation is 1. The maximum absolute atomic E-state index is 12.9. The third-order valence-corrected chi connectivity index (χ3v) is 5.52. The van der Waals surface area contributed by atoms with Crippen molar-refractivity contribution in [3.05, 3.63) is 52.2 Å². The SMILES string of the molecule is Cc1ccc(/C=C2\Oc3c(cc4c(c3C)OCN(CC3CCCO3)C4)C2=O)o1. The van der Waals surface area contributed by atoms with Gasteiger partial charge in [-0.25, -0.2) is 0 Å². The normalized spacial score (nSPS) is 22.9. The molecule has 2 aromatic rings. The summed E-state index contributed by atoms with van der Waals surface area (Å²) in [5, 5.41) is 0. The molecule has 146 valence electrons. The number of benzene rings is 1. The van der Waals surface area contributed by atoms with Gasteiger partial charge < -0.3 is 18.6 Å². The van der Waals surface area contributed by atoms with Gasteiger partial charge in [0.25, 0.3) is 0 Å². The summed E-state index contributed by atoms with van der Waals surface area (Å²) in [6, 6.07) is 5.60. The van der Waals surface area contributed by atoms with E-state index in [4.69, 9.17) is 18.6 Å². The van der Waals surface area contributed by atoms with E-state index >= 15 is 0 Å². The zero-order valence-electron chi connectivity index (χ0n) is 16.1. The van der Waals surface area contributed by atoms with Gasteiger partial charge in [0.05, 0.1) is 11.7 Å². The number of nitrogens with zero attached hydrogens (tertiary/aromatic N) is 1. The molecule has 0 N–H and O–H groups in total. The first kappa shape index (κ1) is 17.5. The predicted molar refractivity (Wildman–Crippen MR) is 102 cm³/mol. The van der Waals surface area contributed by atoms with Crippen LogP contribution in [0, 0.1) is 13.8 Å². The van der Waals surface area contributed by atoms with Crippen molar-refractivity contribution in [3.63, 3.8) is 0 Å². The second-order valence-corrected chi connectivity index (χ2v) is 7.67. The maximum Gasteiger partial charge on any atom is 0.232 e. The fourth-order valence-electron chi connectivity index (χ4n) is 4.15. The standard InChI is InChI=1S/C22H23NO5/c1-13-5-6-16(27-13)9-19-20(24)18-8-15-10-23(11-17-4-3-7-25-17)12-26-21(15)14(2)22(18)28-19/h5-6,8-9,17H,3-4,7,10-12H2,1-2H3/b19-9-. The van der Waals surface area contributed by atoms with E-state index in [1.165, 1.54) is 0 Å². The van der Waals surface area contributed by atoms with Gasteiger partial charge in [0.2, 0.25) is 5.78 Å². The Morgan fingerprint density at radius 3 is 2.89 bits per heavy atom. The van der Waals surface area contributed by atoms with Crippen molar-refractivity contribution < 1.29 is 23.4 Å². The number of furan rings is 1. The lowest BCUT2D eigenvalue weighted by atomic mass is 10.00. The Balaban J connectivity index is 1.42. The quantitative estimate of drug-likeness (QED) is 0.753. The summed E-state index contributed by atoms with van der Waals surface area (Å²) in [6.45, 7) is 6.77. The average molecular weight is 381 g/mol. The van der Waals surface area contributed by atoms with Crippen molar-refractivity contribution in [3.8, 4) is 11.5 Å². The first-order chi connectivity index (χ1) is 13.6. The summed E-state index contributed by atoms with van der Waals surface area (Å²) in [7, 11) is 0. The number of ether oxygens (including phenoxy) is 3. The molecule has 3 aliphatic heterocycles. The first-order valence-electron chi connectivity index (χ1n) is 9.72. The molecular weight excluding hydrogens is 358 g/mol. The van der Waals surface area contributed by atoms with E-state index in [0.717, 1.165) is 55.2 Å². The van der Waals surface area contributed by atoms with Gasteiger partial charge in [-0.2, -0.15) is 0 Å². The molecule has 28 heavy (non-hydrogen) atoms. The largest absolute Gasteiger partial charge is 0.477 e. The third kappa shape index (κ3) is 3.02. The molecule has 0 saturated carbocycles. The van der Waals surface area contributed by atoms with Crippen LogP contribution in [0.25, 0.3) is 6.08 Å². The van der Waals surface area contributed by atoms with E-state index in [2.05, 4.69) is 4.90 Å². The summed E-state index contributed by atoms with van der Waals surface area (Å²) in [5.74, 6) is 2.98. The molecule has 1 aromatic carbocycles.